The molecule has 218 valence electrons. The molecule has 0 aliphatic heterocycles. The number of carbonyl (C=O) groups is 2. The molecule has 11 nitrogen and oxygen atoms in total. The summed E-state index contributed by atoms with van der Waals surface area (Å²) >= 11 is 0.823. The highest BCUT2D eigenvalue weighted by Crippen LogP contribution is 2.31. The first-order valence-corrected chi connectivity index (χ1v) is 13.3. The molecule has 18 heteroatoms. The van der Waals surface area contributed by atoms with Gasteiger partial charge in [0.1, 0.15) is 22.3 Å². The molecule has 0 amide bonds. The molecule has 4 rings (SSSR count). The Kier molecular flexibility index (Phi) is 9.41. The lowest BCUT2D eigenvalue weighted by molar-refractivity contribution is -0.192. The lowest BCUT2D eigenvalue weighted by Crippen LogP contribution is -2.24. The minimum Gasteiger partial charge on any atom is -0.475 e. The smallest absolute Gasteiger partial charge is 0.475 e. The zero-order chi connectivity index (χ0) is 30.5. The fraction of sp³-hybridized carbons (Fsp3) is 0.130. The first kappa shape index (κ1) is 31.1. The normalized spacial score (nSPS) is 11.5. The molecule has 2 aromatic heterocycles. The molecule has 0 aliphatic rings. The van der Waals surface area contributed by atoms with Crippen LogP contribution in [0.3, 0.4) is 0 Å². The topological polar surface area (TPSA) is 169 Å². The summed E-state index contributed by atoms with van der Waals surface area (Å²) in [5.74, 6) is -5.85. The first-order chi connectivity index (χ1) is 19.1. The van der Waals surface area contributed by atoms with E-state index < -0.39 is 45.2 Å². The number of nitrogens with two attached hydrogens (primary N) is 1. The SMILES string of the molecule is Cn1cncc1CNS(=O)(=O)c1ccc(Nc2nc(N)c(C(=O)c3c(F)cccc3F)s2)cc1.O=C(O)C(F)(F)F. The first-order valence-electron chi connectivity index (χ1n) is 11.0. The van der Waals surface area contributed by atoms with Crippen molar-refractivity contribution < 1.29 is 45.1 Å². The molecule has 41 heavy (non-hydrogen) atoms. The highest BCUT2D eigenvalue weighted by atomic mass is 32.2. The monoisotopic (exact) mass is 618 g/mol. The number of sulfonamides is 1. The lowest BCUT2D eigenvalue weighted by Gasteiger charge is -2.08. The Balaban J connectivity index is 0.000000587. The number of nitrogens with zero attached hydrogens (tertiary/aromatic N) is 3. The van der Waals surface area contributed by atoms with Gasteiger partial charge in [-0.3, -0.25) is 4.79 Å². The highest BCUT2D eigenvalue weighted by Gasteiger charge is 2.38. The molecule has 0 saturated carbocycles. The van der Waals surface area contributed by atoms with E-state index in [0.717, 1.165) is 29.5 Å². The molecule has 0 bridgehead atoms. The summed E-state index contributed by atoms with van der Waals surface area (Å²) in [4.78, 5) is 29.4. The molecule has 0 atom stereocenters. The summed E-state index contributed by atoms with van der Waals surface area (Å²) < 4.78 is 88.9. The number of rotatable bonds is 8. The van der Waals surface area contributed by atoms with Gasteiger partial charge in [-0.1, -0.05) is 17.4 Å². The van der Waals surface area contributed by atoms with E-state index in [2.05, 4.69) is 20.0 Å². The van der Waals surface area contributed by atoms with Gasteiger partial charge in [-0.05, 0) is 36.4 Å². The molecule has 2 aromatic carbocycles. The van der Waals surface area contributed by atoms with Gasteiger partial charge in [0.15, 0.2) is 5.13 Å². The van der Waals surface area contributed by atoms with Gasteiger partial charge in [-0.15, -0.1) is 0 Å². The van der Waals surface area contributed by atoms with Crippen molar-refractivity contribution in [1.82, 2.24) is 19.3 Å². The van der Waals surface area contributed by atoms with E-state index in [1.807, 2.05) is 0 Å². The lowest BCUT2D eigenvalue weighted by atomic mass is 10.1. The number of hydrogen-bond acceptors (Lipinski definition) is 9. The summed E-state index contributed by atoms with van der Waals surface area (Å²) in [6, 6.07) is 8.92. The fourth-order valence-electron chi connectivity index (χ4n) is 3.02. The third kappa shape index (κ3) is 7.83. The van der Waals surface area contributed by atoms with Crippen molar-refractivity contribution >= 4 is 49.7 Å². The molecule has 0 saturated heterocycles. The van der Waals surface area contributed by atoms with Crippen LogP contribution in [0.4, 0.5) is 38.6 Å². The number of anilines is 3. The number of imidazole rings is 1. The molecule has 0 fully saturated rings. The summed E-state index contributed by atoms with van der Waals surface area (Å²) in [6.45, 7) is 0.0800. The molecule has 0 aliphatic carbocycles. The Labute approximate surface area is 232 Å². The third-order valence-electron chi connectivity index (χ3n) is 5.07. The summed E-state index contributed by atoms with van der Waals surface area (Å²) in [7, 11) is -2.00. The number of aryl methyl sites for hydroxylation is 1. The number of carbonyl (C=O) groups excluding carboxylic acids is 1. The number of halogens is 5. The van der Waals surface area contributed by atoms with Gasteiger partial charge in [-0.25, -0.2) is 36.7 Å². The van der Waals surface area contributed by atoms with E-state index >= 15 is 0 Å². The van der Waals surface area contributed by atoms with Gasteiger partial charge in [0.25, 0.3) is 0 Å². The van der Waals surface area contributed by atoms with Crippen molar-refractivity contribution in [3.05, 3.63) is 82.8 Å². The number of nitrogens with one attached hydrogen (secondary N) is 2. The standard InChI is InChI=1S/C21H18F2N6O3S2.C2HF3O2/c1-29-11-25-9-13(29)10-26-34(31,32)14-7-5-12(6-8-14)27-21-28-20(24)19(33-21)18(30)17-15(22)3-2-4-16(17)23;3-2(4,5)1(6)7/h2-9,11,26H,10,24H2,1H3,(H,27,28);(H,6,7). The zero-order valence-corrected chi connectivity index (χ0v) is 22.2. The van der Waals surface area contributed by atoms with Crippen molar-refractivity contribution in [1.29, 1.82) is 0 Å². The summed E-state index contributed by atoms with van der Waals surface area (Å²) in [5, 5.41) is 10.2. The van der Waals surface area contributed by atoms with Crippen LogP contribution in [-0.2, 0) is 28.4 Å². The Morgan fingerprint density at radius 2 is 1.68 bits per heavy atom. The number of aromatic nitrogens is 3. The van der Waals surface area contributed by atoms with Crippen LogP contribution in [-0.4, -0.2) is 46.0 Å². The van der Waals surface area contributed by atoms with Gasteiger partial charge in [0, 0.05) is 18.9 Å². The zero-order valence-electron chi connectivity index (χ0n) is 20.6. The van der Waals surface area contributed by atoms with E-state index in [4.69, 9.17) is 15.6 Å². The van der Waals surface area contributed by atoms with E-state index in [0.29, 0.717) is 11.4 Å². The van der Waals surface area contributed by atoms with Crippen LogP contribution in [0.15, 0.2) is 59.9 Å². The van der Waals surface area contributed by atoms with Crippen LogP contribution >= 0.6 is 11.3 Å². The van der Waals surface area contributed by atoms with Crippen LogP contribution < -0.4 is 15.8 Å². The van der Waals surface area contributed by atoms with Crippen LogP contribution in [0.5, 0.6) is 0 Å². The van der Waals surface area contributed by atoms with Gasteiger partial charge in [-0.2, -0.15) is 13.2 Å². The average Bonchev–Trinajstić information content (AvgIpc) is 3.47. The largest absolute Gasteiger partial charge is 0.490 e. The van der Waals surface area contributed by atoms with E-state index in [-0.39, 0.29) is 27.3 Å². The number of hydrogen-bond donors (Lipinski definition) is 4. The van der Waals surface area contributed by atoms with E-state index in [9.17, 15) is 35.2 Å². The minimum atomic E-state index is -5.08. The van der Waals surface area contributed by atoms with Crippen molar-refractivity contribution in [2.45, 2.75) is 17.6 Å². The van der Waals surface area contributed by atoms with Gasteiger partial charge >= 0.3 is 12.1 Å². The number of carboxylic acids is 1. The van der Waals surface area contributed by atoms with Gasteiger partial charge in [0.05, 0.1) is 29.0 Å². The Morgan fingerprint density at radius 1 is 1.10 bits per heavy atom. The summed E-state index contributed by atoms with van der Waals surface area (Å²) in [6.07, 6.45) is -1.95. The minimum absolute atomic E-state index is 0.0461. The van der Waals surface area contributed by atoms with Crippen LogP contribution in [0, 0.1) is 11.6 Å². The predicted molar refractivity (Wildman–Crippen MR) is 137 cm³/mol. The summed E-state index contributed by atoms with van der Waals surface area (Å²) in [5.41, 5.74) is 6.25. The van der Waals surface area contributed by atoms with E-state index in [1.54, 1.807) is 24.1 Å². The van der Waals surface area contributed by atoms with Crippen molar-refractivity contribution in [3.8, 4) is 0 Å². The molecule has 5 N–H and O–H groups in total. The second-order valence-corrected chi connectivity index (χ2v) is 10.7. The van der Waals surface area contributed by atoms with Crippen LogP contribution in [0.25, 0.3) is 0 Å². The Bertz CT molecular complexity index is 1650. The molecular formula is C23H19F5N6O5S2. The number of nitrogen functional groups attached to an aromatic ring is 1. The molecule has 2 heterocycles. The molecule has 0 unspecified atom stereocenters. The van der Waals surface area contributed by atoms with Crippen molar-refractivity contribution in [2.75, 3.05) is 11.1 Å². The Morgan fingerprint density at radius 3 is 2.20 bits per heavy atom. The predicted octanol–water partition coefficient (Wildman–Crippen LogP) is 3.82. The molecule has 0 spiro atoms. The maximum Gasteiger partial charge on any atom is 0.490 e. The highest BCUT2D eigenvalue weighted by molar-refractivity contribution is 7.89. The van der Waals surface area contributed by atoms with Gasteiger partial charge in [0.2, 0.25) is 15.8 Å². The molecular weight excluding hydrogens is 599 g/mol. The van der Waals surface area contributed by atoms with Crippen LogP contribution in [0.2, 0.25) is 0 Å². The Hall–Kier alpha value is -4.42. The van der Waals surface area contributed by atoms with Crippen molar-refractivity contribution in [2.24, 2.45) is 7.05 Å². The van der Waals surface area contributed by atoms with Crippen LogP contribution in [0.1, 0.15) is 20.9 Å². The second kappa shape index (κ2) is 12.4. The number of benzene rings is 2. The maximum atomic E-state index is 14.0. The number of ketones is 1. The quantitative estimate of drug-likeness (QED) is 0.169. The van der Waals surface area contributed by atoms with Gasteiger partial charge < -0.3 is 20.7 Å². The average molecular weight is 619 g/mol. The maximum absolute atomic E-state index is 14.0. The third-order valence-corrected chi connectivity index (χ3v) is 7.47. The second-order valence-electron chi connectivity index (χ2n) is 7.93. The molecule has 0 radical (unpaired) electrons. The number of aliphatic carboxylic acids is 1. The number of thiazole rings is 1. The fourth-order valence-corrected chi connectivity index (χ4v) is 4.87. The van der Waals surface area contributed by atoms with Crippen molar-refractivity contribution in [3.63, 3.8) is 0 Å². The van der Waals surface area contributed by atoms with E-state index in [1.165, 1.54) is 24.3 Å². The number of alkyl halides is 3. The molecule has 4 aromatic rings. The number of carboxylic acid groups (broad SMARTS) is 1.